The lowest BCUT2D eigenvalue weighted by atomic mass is 9.93. The highest BCUT2D eigenvalue weighted by molar-refractivity contribution is 7.88. The van der Waals surface area contributed by atoms with E-state index in [0.29, 0.717) is 19.6 Å². The van der Waals surface area contributed by atoms with Crippen LogP contribution in [0.4, 0.5) is 0 Å². The van der Waals surface area contributed by atoms with Crippen molar-refractivity contribution in [1.29, 1.82) is 0 Å². The van der Waals surface area contributed by atoms with Crippen LogP contribution in [0.25, 0.3) is 0 Å². The van der Waals surface area contributed by atoms with Crippen molar-refractivity contribution in [3.05, 3.63) is 35.4 Å². The molecule has 0 spiro atoms. The molecule has 118 valence electrons. The first-order valence-corrected chi connectivity index (χ1v) is 8.97. The van der Waals surface area contributed by atoms with Gasteiger partial charge in [0.25, 0.3) is 0 Å². The van der Waals surface area contributed by atoms with Crippen molar-refractivity contribution in [2.45, 2.75) is 38.2 Å². The summed E-state index contributed by atoms with van der Waals surface area (Å²) in [4.78, 5) is 0. The summed E-state index contributed by atoms with van der Waals surface area (Å²) in [6.45, 7) is 3.09. The Kier molecular flexibility index (Phi) is 5.37. The summed E-state index contributed by atoms with van der Waals surface area (Å²) in [6, 6.07) is 7.39. The maximum atomic E-state index is 12.5. The fourth-order valence-electron chi connectivity index (χ4n) is 2.82. The molecule has 0 aromatic heterocycles. The Labute approximate surface area is 126 Å². The molecule has 0 saturated carbocycles. The number of hydrogen-bond donors (Lipinski definition) is 2. The molecular weight excluding hydrogens is 288 g/mol. The average molecular weight is 312 g/mol. The van der Waals surface area contributed by atoms with Gasteiger partial charge in [0, 0.05) is 19.6 Å². The van der Waals surface area contributed by atoms with Gasteiger partial charge in [-0.3, -0.25) is 0 Å². The number of hydrogen-bond acceptors (Lipinski definition) is 4. The van der Waals surface area contributed by atoms with E-state index in [-0.39, 0.29) is 17.8 Å². The molecule has 0 bridgehead atoms. The minimum atomic E-state index is -3.32. The Hall–Kier alpha value is -0.950. The molecule has 5 nitrogen and oxygen atoms in total. The molecule has 1 aromatic carbocycles. The van der Waals surface area contributed by atoms with Gasteiger partial charge in [-0.1, -0.05) is 24.3 Å². The zero-order valence-electron chi connectivity index (χ0n) is 12.4. The van der Waals surface area contributed by atoms with Gasteiger partial charge in [-0.2, -0.15) is 0 Å². The van der Waals surface area contributed by atoms with Gasteiger partial charge in [0.1, 0.15) is 0 Å². The average Bonchev–Trinajstić information content (AvgIpc) is 2.47. The predicted molar refractivity (Wildman–Crippen MR) is 82.9 cm³/mol. The highest BCUT2D eigenvalue weighted by Gasteiger charge is 2.30. The second kappa shape index (κ2) is 6.87. The van der Waals surface area contributed by atoms with Crippen LogP contribution < -0.4 is 5.73 Å². The number of benzene rings is 1. The lowest BCUT2D eigenvalue weighted by Gasteiger charge is -2.32. The van der Waals surface area contributed by atoms with E-state index in [2.05, 4.69) is 0 Å². The quantitative estimate of drug-likeness (QED) is 0.852. The molecule has 1 aromatic rings. The van der Waals surface area contributed by atoms with Crippen LogP contribution in [-0.2, 0) is 22.3 Å². The van der Waals surface area contributed by atoms with Crippen molar-refractivity contribution in [2.75, 3.05) is 13.1 Å². The predicted octanol–water partition coefficient (Wildman–Crippen LogP) is 1.07. The van der Waals surface area contributed by atoms with E-state index in [0.717, 1.165) is 24.0 Å². The van der Waals surface area contributed by atoms with Crippen LogP contribution in [0, 0.1) is 5.92 Å². The molecule has 1 saturated heterocycles. The number of rotatable bonds is 5. The van der Waals surface area contributed by atoms with E-state index in [1.54, 1.807) is 11.2 Å². The van der Waals surface area contributed by atoms with Gasteiger partial charge in [-0.25, -0.2) is 12.7 Å². The first-order valence-electron chi connectivity index (χ1n) is 7.37. The van der Waals surface area contributed by atoms with Gasteiger partial charge < -0.3 is 10.8 Å². The fourth-order valence-corrected chi connectivity index (χ4v) is 4.45. The number of aliphatic hydroxyl groups excluding tert-OH is 1. The van der Waals surface area contributed by atoms with E-state index in [4.69, 9.17) is 5.73 Å². The van der Waals surface area contributed by atoms with Crippen LogP contribution in [-0.4, -0.2) is 37.0 Å². The highest BCUT2D eigenvalue weighted by atomic mass is 32.2. The molecular formula is C15H24N2O3S. The summed E-state index contributed by atoms with van der Waals surface area (Å²) in [5, 5.41) is 9.59. The van der Waals surface area contributed by atoms with Gasteiger partial charge in [-0.05, 0) is 36.8 Å². The molecule has 0 amide bonds. The number of sulfonamides is 1. The molecule has 1 atom stereocenters. The van der Waals surface area contributed by atoms with Crippen LogP contribution in [0.1, 0.15) is 30.9 Å². The number of nitrogens with zero attached hydrogens (tertiary/aromatic N) is 1. The molecule has 1 aliphatic heterocycles. The third-order valence-electron chi connectivity index (χ3n) is 4.25. The van der Waals surface area contributed by atoms with Gasteiger partial charge >= 0.3 is 0 Å². The summed E-state index contributed by atoms with van der Waals surface area (Å²) < 4.78 is 26.6. The van der Waals surface area contributed by atoms with Crippen molar-refractivity contribution >= 4 is 10.0 Å². The zero-order chi connectivity index (χ0) is 15.5. The maximum absolute atomic E-state index is 12.5. The van der Waals surface area contributed by atoms with Crippen molar-refractivity contribution in [2.24, 2.45) is 11.7 Å². The lowest BCUT2D eigenvalue weighted by molar-refractivity contribution is 0.0911. The van der Waals surface area contributed by atoms with Crippen molar-refractivity contribution in [1.82, 2.24) is 4.31 Å². The lowest BCUT2D eigenvalue weighted by Crippen LogP contribution is -2.41. The second-order valence-electron chi connectivity index (χ2n) is 5.71. The van der Waals surface area contributed by atoms with E-state index >= 15 is 0 Å². The Morgan fingerprint density at radius 1 is 1.29 bits per heavy atom. The Balaban J connectivity index is 2.06. The minimum Gasteiger partial charge on any atom is -0.393 e. The van der Waals surface area contributed by atoms with E-state index in [9.17, 15) is 13.5 Å². The Morgan fingerprint density at radius 2 is 1.86 bits per heavy atom. The smallest absolute Gasteiger partial charge is 0.218 e. The standard InChI is InChI=1S/C15H24N2O3S/c1-12(18)13-6-8-17(9-7-13)21(19,20)11-15-5-3-2-4-14(15)10-16/h2-5,12-13,18H,6-11,16H2,1H3. The molecule has 1 fully saturated rings. The second-order valence-corrected chi connectivity index (χ2v) is 7.68. The topological polar surface area (TPSA) is 83.6 Å². The molecule has 1 unspecified atom stereocenters. The van der Waals surface area contributed by atoms with Crippen molar-refractivity contribution in [3.8, 4) is 0 Å². The van der Waals surface area contributed by atoms with Crippen LogP contribution in [0.2, 0.25) is 0 Å². The molecule has 21 heavy (non-hydrogen) atoms. The first-order chi connectivity index (χ1) is 9.94. The SMILES string of the molecule is CC(O)C1CCN(S(=O)(=O)Cc2ccccc2CN)CC1. The molecule has 0 aliphatic carbocycles. The van der Waals surface area contributed by atoms with Gasteiger partial charge in [-0.15, -0.1) is 0 Å². The third kappa shape index (κ3) is 4.03. The van der Waals surface area contributed by atoms with E-state index in [1.807, 2.05) is 24.3 Å². The molecule has 1 aliphatic rings. The highest BCUT2D eigenvalue weighted by Crippen LogP contribution is 2.24. The third-order valence-corrected chi connectivity index (χ3v) is 6.08. The summed E-state index contributed by atoms with van der Waals surface area (Å²) in [6.07, 6.45) is 1.07. The van der Waals surface area contributed by atoms with Gasteiger partial charge in [0.2, 0.25) is 10.0 Å². The zero-order valence-corrected chi connectivity index (χ0v) is 13.2. The molecule has 0 radical (unpaired) electrons. The van der Waals surface area contributed by atoms with E-state index in [1.165, 1.54) is 0 Å². The van der Waals surface area contributed by atoms with Crippen LogP contribution in [0.3, 0.4) is 0 Å². The van der Waals surface area contributed by atoms with Crippen LogP contribution in [0.5, 0.6) is 0 Å². The Bertz CT molecular complexity index is 564. The maximum Gasteiger partial charge on any atom is 0.218 e. The molecule has 3 N–H and O–H groups in total. The number of piperidine rings is 1. The fraction of sp³-hybridized carbons (Fsp3) is 0.600. The molecule has 2 rings (SSSR count). The summed E-state index contributed by atoms with van der Waals surface area (Å²) in [5.41, 5.74) is 7.31. The van der Waals surface area contributed by atoms with Gasteiger partial charge in [0.15, 0.2) is 0 Å². The van der Waals surface area contributed by atoms with Crippen LogP contribution >= 0.6 is 0 Å². The largest absolute Gasteiger partial charge is 0.393 e. The van der Waals surface area contributed by atoms with Crippen molar-refractivity contribution < 1.29 is 13.5 Å². The number of nitrogens with two attached hydrogens (primary N) is 1. The normalized spacial score (nSPS) is 19.6. The first kappa shape index (κ1) is 16.4. The van der Waals surface area contributed by atoms with Crippen LogP contribution in [0.15, 0.2) is 24.3 Å². The monoisotopic (exact) mass is 312 g/mol. The minimum absolute atomic E-state index is 0.000279. The van der Waals surface area contributed by atoms with Crippen molar-refractivity contribution in [3.63, 3.8) is 0 Å². The Morgan fingerprint density at radius 3 is 2.38 bits per heavy atom. The van der Waals surface area contributed by atoms with E-state index < -0.39 is 10.0 Å². The summed E-state index contributed by atoms with van der Waals surface area (Å²) in [5.74, 6) is 0.201. The van der Waals surface area contributed by atoms with Gasteiger partial charge in [0.05, 0.1) is 11.9 Å². The summed E-state index contributed by atoms with van der Waals surface area (Å²) in [7, 11) is -3.32. The molecule has 1 heterocycles. The number of aliphatic hydroxyl groups is 1. The molecule has 6 heteroatoms. The summed E-state index contributed by atoms with van der Waals surface area (Å²) >= 11 is 0.